The van der Waals surface area contributed by atoms with Crippen molar-refractivity contribution in [2.24, 2.45) is 22.9 Å². The third-order valence-corrected chi connectivity index (χ3v) is 3.61. The SMILES string of the molecule is NCCCCN(BN(CCCN)CCCCN)CCCN. The normalized spacial score (nSPS) is 11.5. The lowest BCUT2D eigenvalue weighted by Gasteiger charge is -2.29. The van der Waals surface area contributed by atoms with Crippen LogP contribution in [0.3, 0.4) is 0 Å². The smallest absolute Gasteiger partial charge is 0.291 e. The molecule has 0 radical (unpaired) electrons. The molecule has 0 aliphatic rings. The van der Waals surface area contributed by atoms with Gasteiger partial charge in [-0.05, 0) is 90.9 Å². The molecule has 0 saturated heterocycles. The van der Waals surface area contributed by atoms with Gasteiger partial charge in [0.05, 0.1) is 0 Å². The van der Waals surface area contributed by atoms with Gasteiger partial charge in [0.2, 0.25) is 0 Å². The van der Waals surface area contributed by atoms with Crippen molar-refractivity contribution in [3.8, 4) is 0 Å². The van der Waals surface area contributed by atoms with Crippen LogP contribution >= 0.6 is 0 Å². The van der Waals surface area contributed by atoms with Crippen molar-refractivity contribution >= 4 is 7.55 Å². The molecule has 0 unspecified atom stereocenters. The van der Waals surface area contributed by atoms with E-state index in [1.165, 1.54) is 0 Å². The Morgan fingerprint density at radius 3 is 1.14 bits per heavy atom. The van der Waals surface area contributed by atoms with Gasteiger partial charge in [-0.15, -0.1) is 0 Å². The predicted octanol–water partition coefficient (Wildman–Crippen LogP) is -0.968. The molecule has 0 atom stereocenters. The molecule has 6 nitrogen and oxygen atoms in total. The molecule has 8 N–H and O–H groups in total. The molecule has 0 fully saturated rings. The highest BCUT2D eigenvalue weighted by molar-refractivity contribution is 6.28. The van der Waals surface area contributed by atoms with E-state index in [9.17, 15) is 0 Å². The van der Waals surface area contributed by atoms with Crippen molar-refractivity contribution in [3.05, 3.63) is 0 Å². The predicted molar refractivity (Wildman–Crippen MR) is 94.2 cm³/mol. The molecular formula is C14H37BN6. The van der Waals surface area contributed by atoms with Gasteiger partial charge in [0.25, 0.3) is 7.55 Å². The third-order valence-electron chi connectivity index (χ3n) is 3.61. The van der Waals surface area contributed by atoms with Crippen molar-refractivity contribution < 1.29 is 0 Å². The molecule has 0 aromatic carbocycles. The maximum atomic E-state index is 5.65. The van der Waals surface area contributed by atoms with Gasteiger partial charge in [-0.3, -0.25) is 0 Å². The summed E-state index contributed by atoms with van der Waals surface area (Å²) in [6.45, 7) is 7.40. The van der Waals surface area contributed by atoms with E-state index in [0.29, 0.717) is 0 Å². The number of hydrogen-bond donors (Lipinski definition) is 4. The standard InChI is InChI=1S/C14H37BN6/c16-7-1-3-11-20(13-5-9-18)15-21(14-6-10-19)12-4-2-8-17/h15H,1-14,16-19H2. The van der Waals surface area contributed by atoms with Crippen LogP contribution in [0.4, 0.5) is 0 Å². The van der Waals surface area contributed by atoms with Crippen LogP contribution in [0.25, 0.3) is 0 Å². The van der Waals surface area contributed by atoms with Crippen LogP contribution in [0.5, 0.6) is 0 Å². The monoisotopic (exact) mass is 300 g/mol. The molecule has 0 bridgehead atoms. The Bertz CT molecular complexity index is 188. The number of rotatable bonds is 16. The van der Waals surface area contributed by atoms with E-state index < -0.39 is 0 Å². The summed E-state index contributed by atoms with van der Waals surface area (Å²) in [6, 6.07) is 0. The molecule has 7 heteroatoms. The largest absolute Gasteiger partial charge is 0.331 e. The zero-order chi connectivity index (χ0) is 15.8. The molecule has 0 rings (SSSR count). The van der Waals surface area contributed by atoms with Crippen molar-refractivity contribution in [1.29, 1.82) is 0 Å². The number of hydrogen-bond acceptors (Lipinski definition) is 6. The lowest BCUT2D eigenvalue weighted by atomic mass is 10.00. The first-order chi connectivity index (χ1) is 10.3. The zero-order valence-electron chi connectivity index (χ0n) is 13.8. The van der Waals surface area contributed by atoms with Crippen molar-refractivity contribution in [3.63, 3.8) is 0 Å². The molecule has 21 heavy (non-hydrogen) atoms. The molecule has 0 spiro atoms. The lowest BCUT2D eigenvalue weighted by Crippen LogP contribution is -2.44. The van der Waals surface area contributed by atoms with Crippen LogP contribution in [0.1, 0.15) is 38.5 Å². The Morgan fingerprint density at radius 1 is 0.476 bits per heavy atom. The quantitative estimate of drug-likeness (QED) is 0.216. The Hall–Kier alpha value is -0.175. The Morgan fingerprint density at radius 2 is 0.810 bits per heavy atom. The van der Waals surface area contributed by atoms with E-state index in [1.807, 2.05) is 0 Å². The molecule has 126 valence electrons. The van der Waals surface area contributed by atoms with Gasteiger partial charge in [-0.2, -0.15) is 0 Å². The molecule has 0 aromatic heterocycles. The van der Waals surface area contributed by atoms with Gasteiger partial charge in [0.1, 0.15) is 0 Å². The highest BCUT2D eigenvalue weighted by Crippen LogP contribution is 2.01. The van der Waals surface area contributed by atoms with E-state index in [0.717, 1.165) is 98.4 Å². The molecule has 0 amide bonds. The Kier molecular flexibility index (Phi) is 16.1. The van der Waals surface area contributed by atoms with Gasteiger partial charge in [-0.1, -0.05) is 0 Å². The van der Waals surface area contributed by atoms with Crippen molar-refractivity contribution in [1.82, 2.24) is 9.62 Å². The minimum Gasteiger partial charge on any atom is -0.331 e. The van der Waals surface area contributed by atoms with E-state index >= 15 is 0 Å². The van der Waals surface area contributed by atoms with Gasteiger partial charge in [0, 0.05) is 0 Å². The molecule has 0 aliphatic heterocycles. The van der Waals surface area contributed by atoms with Crippen LogP contribution in [0.15, 0.2) is 0 Å². The second-order valence-corrected chi connectivity index (χ2v) is 5.65. The van der Waals surface area contributed by atoms with Gasteiger partial charge >= 0.3 is 0 Å². The van der Waals surface area contributed by atoms with Gasteiger partial charge < -0.3 is 32.6 Å². The van der Waals surface area contributed by atoms with Crippen LogP contribution < -0.4 is 22.9 Å². The van der Waals surface area contributed by atoms with Crippen LogP contribution in [-0.4, -0.2) is 69.5 Å². The second kappa shape index (κ2) is 16.2. The van der Waals surface area contributed by atoms with Crippen LogP contribution in [0.2, 0.25) is 0 Å². The Labute approximate surface area is 131 Å². The topological polar surface area (TPSA) is 111 Å². The van der Waals surface area contributed by atoms with Gasteiger partial charge in [0.15, 0.2) is 0 Å². The number of unbranched alkanes of at least 4 members (excludes halogenated alkanes) is 2. The second-order valence-electron chi connectivity index (χ2n) is 5.65. The lowest BCUT2D eigenvalue weighted by molar-refractivity contribution is 0.345. The summed E-state index contributed by atoms with van der Waals surface area (Å²) in [5.41, 5.74) is 22.5. The summed E-state index contributed by atoms with van der Waals surface area (Å²) in [5.74, 6) is 0. The minimum atomic E-state index is 0.753. The first kappa shape index (κ1) is 20.8. The van der Waals surface area contributed by atoms with E-state index in [2.05, 4.69) is 9.62 Å². The zero-order valence-corrected chi connectivity index (χ0v) is 13.8. The van der Waals surface area contributed by atoms with Crippen molar-refractivity contribution in [2.45, 2.75) is 38.5 Å². The molecule has 0 saturated carbocycles. The first-order valence-electron chi connectivity index (χ1n) is 8.53. The summed E-state index contributed by atoms with van der Waals surface area (Å²) >= 11 is 0. The number of nitrogens with zero attached hydrogens (tertiary/aromatic N) is 2. The summed E-state index contributed by atoms with van der Waals surface area (Å²) in [4.78, 5) is 5.00. The summed E-state index contributed by atoms with van der Waals surface area (Å²) in [7, 11) is 1.01. The number of nitrogens with two attached hydrogens (primary N) is 4. The summed E-state index contributed by atoms with van der Waals surface area (Å²) in [6.07, 6.45) is 6.61. The maximum Gasteiger partial charge on any atom is 0.291 e. The van der Waals surface area contributed by atoms with Crippen LogP contribution in [0, 0.1) is 0 Å². The van der Waals surface area contributed by atoms with E-state index in [-0.39, 0.29) is 0 Å². The van der Waals surface area contributed by atoms with Gasteiger partial charge in [-0.25, -0.2) is 0 Å². The average Bonchev–Trinajstić information content (AvgIpc) is 2.50. The fraction of sp³-hybridized carbons (Fsp3) is 1.00. The first-order valence-corrected chi connectivity index (χ1v) is 8.53. The highest BCUT2D eigenvalue weighted by atomic mass is 15.2. The van der Waals surface area contributed by atoms with E-state index in [4.69, 9.17) is 22.9 Å². The third kappa shape index (κ3) is 13.2. The summed E-state index contributed by atoms with van der Waals surface area (Å²) < 4.78 is 0. The van der Waals surface area contributed by atoms with E-state index in [1.54, 1.807) is 0 Å². The molecular weight excluding hydrogens is 263 g/mol. The maximum absolute atomic E-state index is 5.65. The average molecular weight is 300 g/mol. The summed E-state index contributed by atoms with van der Waals surface area (Å²) in [5, 5.41) is 0. The van der Waals surface area contributed by atoms with Crippen molar-refractivity contribution in [2.75, 3.05) is 52.4 Å². The Balaban J connectivity index is 4.22. The fourth-order valence-corrected chi connectivity index (χ4v) is 2.38. The minimum absolute atomic E-state index is 0.753. The molecule has 0 aromatic rings. The molecule has 0 heterocycles. The fourth-order valence-electron chi connectivity index (χ4n) is 2.38. The van der Waals surface area contributed by atoms with Crippen LogP contribution in [-0.2, 0) is 0 Å². The molecule has 0 aliphatic carbocycles. The highest BCUT2D eigenvalue weighted by Gasteiger charge is 2.13.